The van der Waals surface area contributed by atoms with E-state index in [9.17, 15) is 9.59 Å². The number of rotatable bonds is 2. The smallest absolute Gasteiger partial charge is 0.339 e. The van der Waals surface area contributed by atoms with E-state index >= 15 is 0 Å². The van der Waals surface area contributed by atoms with Crippen molar-refractivity contribution < 1.29 is 14.3 Å². The highest BCUT2D eigenvalue weighted by molar-refractivity contribution is 9.10. The Balaban J connectivity index is 2.35. The minimum Gasteiger partial charge on any atom is -0.465 e. The van der Waals surface area contributed by atoms with Crippen LogP contribution in [0.25, 0.3) is 0 Å². The molecule has 1 aliphatic heterocycles. The second-order valence-corrected chi connectivity index (χ2v) is 5.60. The van der Waals surface area contributed by atoms with Crippen LogP contribution in [0.2, 0.25) is 0 Å². The average molecular weight is 330 g/mol. The third-order valence-electron chi connectivity index (χ3n) is 2.77. The molecule has 0 radical (unpaired) electrons. The number of carbonyl (C=O) groups is 2. The molecule has 0 saturated carbocycles. The quantitative estimate of drug-likeness (QED) is 0.668. The molecule has 1 atom stereocenters. The Morgan fingerprint density at radius 3 is 2.83 bits per heavy atom. The van der Waals surface area contributed by atoms with Gasteiger partial charge in [0.25, 0.3) is 0 Å². The topological polar surface area (TPSA) is 46.6 Å². The summed E-state index contributed by atoms with van der Waals surface area (Å²) in [6.45, 7) is 0.560. The molecule has 1 aromatic rings. The van der Waals surface area contributed by atoms with Crippen LogP contribution in [0.15, 0.2) is 22.7 Å². The number of amides is 1. The lowest BCUT2D eigenvalue weighted by Crippen LogP contribution is -2.24. The number of nitrogens with zero attached hydrogens (tertiary/aromatic N) is 1. The second kappa shape index (κ2) is 5.32. The van der Waals surface area contributed by atoms with Gasteiger partial charge in [-0.1, -0.05) is 0 Å². The van der Waals surface area contributed by atoms with Crippen molar-refractivity contribution in [1.82, 2.24) is 0 Å². The molecule has 1 aliphatic rings. The first-order valence-corrected chi connectivity index (χ1v) is 6.70. The normalized spacial score (nSPS) is 19.2. The number of hydrogen-bond donors (Lipinski definition) is 1. The number of hydrogen-bond acceptors (Lipinski definition) is 4. The molecule has 6 heteroatoms. The highest BCUT2D eigenvalue weighted by Gasteiger charge is 2.29. The molecular formula is C12H12BrNO3S. The van der Waals surface area contributed by atoms with Gasteiger partial charge in [0.1, 0.15) is 0 Å². The fraction of sp³-hybridized carbons (Fsp3) is 0.333. The fourth-order valence-corrected chi connectivity index (χ4v) is 2.61. The van der Waals surface area contributed by atoms with E-state index in [0.29, 0.717) is 28.7 Å². The zero-order valence-electron chi connectivity index (χ0n) is 9.72. The summed E-state index contributed by atoms with van der Waals surface area (Å²) < 4.78 is 5.34. The van der Waals surface area contributed by atoms with Crippen LogP contribution in [0.1, 0.15) is 16.8 Å². The van der Waals surface area contributed by atoms with Crippen molar-refractivity contribution >= 4 is 46.1 Å². The number of carbonyl (C=O) groups excluding carboxylic acids is 2. The van der Waals surface area contributed by atoms with Gasteiger partial charge in [0, 0.05) is 28.4 Å². The molecule has 0 aliphatic carbocycles. The van der Waals surface area contributed by atoms with Crippen molar-refractivity contribution in [3.63, 3.8) is 0 Å². The van der Waals surface area contributed by atoms with Gasteiger partial charge in [-0.3, -0.25) is 4.79 Å². The van der Waals surface area contributed by atoms with Crippen LogP contribution in [0, 0.1) is 0 Å². The lowest BCUT2D eigenvalue weighted by atomic mass is 10.2. The zero-order valence-corrected chi connectivity index (χ0v) is 12.2. The Bertz CT molecular complexity index is 506. The maximum Gasteiger partial charge on any atom is 0.339 e. The SMILES string of the molecule is COC(=O)c1cc(N2CC(S)CC2=O)ccc1Br. The molecule has 1 saturated heterocycles. The summed E-state index contributed by atoms with van der Waals surface area (Å²) in [4.78, 5) is 25.0. The predicted octanol–water partition coefficient (Wildman–Crippen LogP) is 2.27. The van der Waals surface area contributed by atoms with Gasteiger partial charge in [-0.2, -0.15) is 12.6 Å². The molecule has 4 nitrogen and oxygen atoms in total. The van der Waals surface area contributed by atoms with E-state index < -0.39 is 5.97 Å². The summed E-state index contributed by atoms with van der Waals surface area (Å²) in [6, 6.07) is 5.18. The molecule has 18 heavy (non-hydrogen) atoms. The summed E-state index contributed by atoms with van der Waals surface area (Å²) in [5.74, 6) is -0.411. The molecule has 0 aromatic heterocycles. The number of esters is 1. The molecule has 0 spiro atoms. The van der Waals surface area contributed by atoms with Crippen molar-refractivity contribution in [3.8, 4) is 0 Å². The first kappa shape index (κ1) is 13.4. The number of anilines is 1. The minimum absolute atomic E-state index is 0.0214. The molecule has 1 unspecified atom stereocenters. The van der Waals surface area contributed by atoms with Crippen LogP contribution in [0.5, 0.6) is 0 Å². The van der Waals surface area contributed by atoms with E-state index in [2.05, 4.69) is 28.6 Å². The van der Waals surface area contributed by atoms with Gasteiger partial charge in [0.15, 0.2) is 0 Å². The molecule has 1 fully saturated rings. The zero-order chi connectivity index (χ0) is 13.3. The maximum absolute atomic E-state index is 11.8. The van der Waals surface area contributed by atoms with Crippen molar-refractivity contribution in [3.05, 3.63) is 28.2 Å². The number of methoxy groups -OCH3 is 1. The number of thiol groups is 1. The van der Waals surface area contributed by atoms with E-state index in [1.807, 2.05) is 0 Å². The maximum atomic E-state index is 11.8. The van der Waals surface area contributed by atoms with E-state index in [4.69, 9.17) is 4.74 Å². The van der Waals surface area contributed by atoms with Gasteiger partial charge in [0.2, 0.25) is 5.91 Å². The molecule has 1 heterocycles. The monoisotopic (exact) mass is 329 g/mol. The first-order chi connectivity index (χ1) is 8.52. The second-order valence-electron chi connectivity index (χ2n) is 4.02. The highest BCUT2D eigenvalue weighted by Crippen LogP contribution is 2.28. The molecule has 2 rings (SSSR count). The highest BCUT2D eigenvalue weighted by atomic mass is 79.9. The summed E-state index contributed by atoms with van der Waals surface area (Å²) >= 11 is 7.59. The Morgan fingerprint density at radius 1 is 1.56 bits per heavy atom. The summed E-state index contributed by atoms with van der Waals surface area (Å²) in [7, 11) is 1.33. The van der Waals surface area contributed by atoms with E-state index in [0.717, 1.165) is 0 Å². The molecule has 1 amide bonds. The number of ether oxygens (including phenoxy) is 1. The van der Waals surface area contributed by atoms with Crippen molar-refractivity contribution in [2.75, 3.05) is 18.6 Å². The van der Waals surface area contributed by atoms with Gasteiger partial charge in [0.05, 0.1) is 12.7 Å². The van der Waals surface area contributed by atoms with Crippen molar-refractivity contribution in [2.24, 2.45) is 0 Å². The van der Waals surface area contributed by atoms with Gasteiger partial charge >= 0.3 is 5.97 Å². The van der Waals surface area contributed by atoms with Crippen LogP contribution in [0.4, 0.5) is 5.69 Å². The minimum atomic E-state index is -0.433. The predicted molar refractivity (Wildman–Crippen MR) is 75.2 cm³/mol. The lowest BCUT2D eigenvalue weighted by Gasteiger charge is -2.17. The van der Waals surface area contributed by atoms with E-state index in [1.54, 1.807) is 23.1 Å². The Kier molecular flexibility index (Phi) is 3.97. The van der Waals surface area contributed by atoms with Gasteiger partial charge in [-0.15, -0.1) is 0 Å². The Hall–Kier alpha value is -1.01. The van der Waals surface area contributed by atoms with Crippen molar-refractivity contribution in [2.45, 2.75) is 11.7 Å². The Morgan fingerprint density at radius 2 is 2.28 bits per heavy atom. The van der Waals surface area contributed by atoms with Crippen LogP contribution < -0.4 is 4.90 Å². The van der Waals surface area contributed by atoms with Crippen molar-refractivity contribution in [1.29, 1.82) is 0 Å². The summed E-state index contributed by atoms with van der Waals surface area (Å²) in [5.41, 5.74) is 1.10. The van der Waals surface area contributed by atoms with Gasteiger partial charge in [-0.05, 0) is 34.1 Å². The van der Waals surface area contributed by atoms with Crippen LogP contribution >= 0.6 is 28.6 Å². The molecule has 0 bridgehead atoms. The fourth-order valence-electron chi connectivity index (χ4n) is 1.89. The molecule has 0 N–H and O–H groups in total. The van der Waals surface area contributed by atoms with E-state index in [1.165, 1.54) is 7.11 Å². The number of benzene rings is 1. The van der Waals surface area contributed by atoms with Crippen LogP contribution in [-0.4, -0.2) is 30.8 Å². The van der Waals surface area contributed by atoms with Gasteiger partial charge < -0.3 is 9.64 Å². The van der Waals surface area contributed by atoms with Crippen LogP contribution in [-0.2, 0) is 9.53 Å². The largest absolute Gasteiger partial charge is 0.465 e. The number of halogens is 1. The Labute approximate surface area is 119 Å². The first-order valence-electron chi connectivity index (χ1n) is 5.39. The molecule has 96 valence electrons. The average Bonchev–Trinajstić information content (AvgIpc) is 2.68. The standard InChI is InChI=1S/C12H12BrNO3S/c1-17-12(16)9-4-7(2-3-10(9)13)14-6-8(18)5-11(14)15/h2-4,8,18H,5-6H2,1H3. The van der Waals surface area contributed by atoms with E-state index in [-0.39, 0.29) is 11.2 Å². The summed E-state index contributed by atoms with van der Waals surface area (Å²) in [6.07, 6.45) is 0.423. The third-order valence-corrected chi connectivity index (χ3v) is 3.81. The van der Waals surface area contributed by atoms with Gasteiger partial charge in [-0.25, -0.2) is 4.79 Å². The summed E-state index contributed by atoms with van der Waals surface area (Å²) in [5, 5.41) is 0.0442. The molecular weight excluding hydrogens is 318 g/mol. The molecule has 1 aromatic carbocycles. The lowest BCUT2D eigenvalue weighted by molar-refractivity contribution is -0.117. The van der Waals surface area contributed by atoms with Crippen LogP contribution in [0.3, 0.4) is 0 Å². The third kappa shape index (κ3) is 2.54.